The molecule has 0 amide bonds. The summed E-state index contributed by atoms with van der Waals surface area (Å²) >= 11 is 0. The summed E-state index contributed by atoms with van der Waals surface area (Å²) in [6.45, 7) is 4.33. The Morgan fingerprint density at radius 2 is 1.90 bits per heavy atom. The van der Waals surface area contributed by atoms with Gasteiger partial charge in [-0.2, -0.15) is 4.39 Å². The molecule has 3 unspecified atom stereocenters. The predicted molar refractivity (Wildman–Crippen MR) is 72.6 cm³/mol. The molecule has 20 heavy (non-hydrogen) atoms. The van der Waals surface area contributed by atoms with E-state index in [0.29, 0.717) is 17.9 Å². The molecular formula is C14H18F2N2O2. The molecule has 1 aromatic carbocycles. The molecule has 2 rings (SSSR count). The standard InChI is InChI=1S/C14H18F2N2O2/c1-8-3-4-10(5-9(8)2)17-13-7-14(18(19)20)12(16)6-11(13)15/h6-10,17H,3-5H2,1-2H3. The van der Waals surface area contributed by atoms with Crippen molar-refractivity contribution < 1.29 is 13.7 Å². The molecule has 3 atom stereocenters. The molecule has 0 radical (unpaired) electrons. The highest BCUT2D eigenvalue weighted by Gasteiger charge is 2.26. The average Bonchev–Trinajstić information content (AvgIpc) is 2.36. The quantitative estimate of drug-likeness (QED) is 0.671. The molecule has 0 bridgehead atoms. The summed E-state index contributed by atoms with van der Waals surface area (Å²) in [4.78, 5) is 9.85. The van der Waals surface area contributed by atoms with Gasteiger partial charge in [-0.15, -0.1) is 0 Å². The van der Waals surface area contributed by atoms with Crippen molar-refractivity contribution in [3.05, 3.63) is 33.9 Å². The van der Waals surface area contributed by atoms with E-state index in [0.717, 1.165) is 25.3 Å². The maximum Gasteiger partial charge on any atom is 0.307 e. The molecule has 1 aliphatic carbocycles. The number of nitro benzene ring substituents is 1. The molecule has 0 heterocycles. The number of halogens is 2. The fraction of sp³-hybridized carbons (Fsp3) is 0.571. The molecule has 6 heteroatoms. The Bertz CT molecular complexity index is 522. The van der Waals surface area contributed by atoms with Crippen molar-refractivity contribution in [1.29, 1.82) is 0 Å². The van der Waals surface area contributed by atoms with E-state index >= 15 is 0 Å². The lowest BCUT2D eigenvalue weighted by atomic mass is 9.79. The van der Waals surface area contributed by atoms with Crippen LogP contribution >= 0.6 is 0 Å². The molecule has 1 aliphatic rings. The van der Waals surface area contributed by atoms with Crippen LogP contribution in [0.2, 0.25) is 0 Å². The van der Waals surface area contributed by atoms with E-state index in [1.807, 2.05) is 0 Å². The van der Waals surface area contributed by atoms with Crippen LogP contribution in [0.1, 0.15) is 33.1 Å². The first kappa shape index (κ1) is 14.7. The molecule has 0 spiro atoms. The fourth-order valence-electron chi connectivity index (χ4n) is 2.69. The summed E-state index contributed by atoms with van der Waals surface area (Å²) in [6.07, 6.45) is 2.80. The molecular weight excluding hydrogens is 266 g/mol. The summed E-state index contributed by atoms with van der Waals surface area (Å²) in [5.41, 5.74) is -0.698. The van der Waals surface area contributed by atoms with Crippen LogP contribution in [0.5, 0.6) is 0 Å². The molecule has 4 nitrogen and oxygen atoms in total. The first-order valence-corrected chi connectivity index (χ1v) is 6.78. The van der Waals surface area contributed by atoms with Gasteiger partial charge in [0.25, 0.3) is 0 Å². The molecule has 1 saturated carbocycles. The van der Waals surface area contributed by atoms with E-state index in [1.54, 1.807) is 0 Å². The van der Waals surface area contributed by atoms with Gasteiger partial charge in [0.15, 0.2) is 0 Å². The summed E-state index contributed by atoms with van der Waals surface area (Å²) in [7, 11) is 0. The maximum atomic E-state index is 13.7. The number of hydrogen-bond acceptors (Lipinski definition) is 3. The zero-order valence-electron chi connectivity index (χ0n) is 11.5. The first-order valence-electron chi connectivity index (χ1n) is 6.78. The second kappa shape index (κ2) is 5.73. The molecule has 1 aromatic rings. The smallest absolute Gasteiger partial charge is 0.307 e. The van der Waals surface area contributed by atoms with Gasteiger partial charge in [0.1, 0.15) is 5.82 Å². The largest absolute Gasteiger partial charge is 0.380 e. The van der Waals surface area contributed by atoms with Crippen molar-refractivity contribution in [1.82, 2.24) is 0 Å². The third-order valence-electron chi connectivity index (χ3n) is 4.19. The Morgan fingerprint density at radius 3 is 2.50 bits per heavy atom. The Morgan fingerprint density at radius 1 is 1.20 bits per heavy atom. The highest BCUT2D eigenvalue weighted by atomic mass is 19.1. The number of hydrogen-bond donors (Lipinski definition) is 1. The van der Waals surface area contributed by atoms with Gasteiger partial charge in [0.05, 0.1) is 10.6 Å². The lowest BCUT2D eigenvalue weighted by Gasteiger charge is -2.33. The van der Waals surface area contributed by atoms with E-state index in [-0.39, 0.29) is 11.7 Å². The summed E-state index contributed by atoms with van der Waals surface area (Å²) in [5, 5.41) is 13.7. The Kier molecular flexibility index (Phi) is 4.20. The highest BCUT2D eigenvalue weighted by molar-refractivity contribution is 5.53. The average molecular weight is 284 g/mol. The Labute approximate surface area is 116 Å². The topological polar surface area (TPSA) is 55.2 Å². The van der Waals surface area contributed by atoms with Crippen molar-refractivity contribution in [2.45, 2.75) is 39.2 Å². The van der Waals surface area contributed by atoms with E-state index in [2.05, 4.69) is 19.2 Å². The normalized spacial score (nSPS) is 26.3. The van der Waals surface area contributed by atoms with Gasteiger partial charge in [-0.25, -0.2) is 4.39 Å². The third-order valence-corrected chi connectivity index (χ3v) is 4.19. The number of anilines is 1. The molecule has 1 N–H and O–H groups in total. The number of nitrogens with one attached hydrogen (secondary N) is 1. The van der Waals surface area contributed by atoms with E-state index < -0.39 is 22.2 Å². The predicted octanol–water partition coefficient (Wildman–Crippen LogP) is 4.11. The number of nitrogens with zero attached hydrogens (tertiary/aromatic N) is 1. The van der Waals surface area contributed by atoms with Crippen LogP contribution in [0.3, 0.4) is 0 Å². The maximum absolute atomic E-state index is 13.7. The van der Waals surface area contributed by atoms with Gasteiger partial charge < -0.3 is 5.32 Å². The second-order valence-corrected chi connectivity index (χ2v) is 5.65. The lowest BCUT2D eigenvalue weighted by Crippen LogP contribution is -2.30. The SMILES string of the molecule is CC1CCC(Nc2cc([N+](=O)[O-])c(F)cc2F)CC1C. The van der Waals surface area contributed by atoms with Crippen LogP contribution in [-0.2, 0) is 0 Å². The zero-order valence-corrected chi connectivity index (χ0v) is 11.5. The van der Waals surface area contributed by atoms with Gasteiger partial charge in [-0.1, -0.05) is 13.8 Å². The molecule has 110 valence electrons. The molecule has 0 aromatic heterocycles. The minimum Gasteiger partial charge on any atom is -0.380 e. The first-order chi connectivity index (χ1) is 9.38. The van der Waals surface area contributed by atoms with Gasteiger partial charge in [0, 0.05) is 18.2 Å². The summed E-state index contributed by atoms with van der Waals surface area (Å²) in [6, 6.07) is 1.57. The monoisotopic (exact) mass is 284 g/mol. The molecule has 0 aliphatic heterocycles. The third kappa shape index (κ3) is 3.05. The highest BCUT2D eigenvalue weighted by Crippen LogP contribution is 2.32. The van der Waals surface area contributed by atoms with Crippen LogP contribution in [0.15, 0.2) is 12.1 Å². The number of benzene rings is 1. The minimum atomic E-state index is -1.15. The van der Waals surface area contributed by atoms with Crippen molar-refractivity contribution in [2.24, 2.45) is 11.8 Å². The van der Waals surface area contributed by atoms with Gasteiger partial charge >= 0.3 is 5.69 Å². The van der Waals surface area contributed by atoms with Gasteiger partial charge in [-0.05, 0) is 31.1 Å². The number of nitro groups is 1. The minimum absolute atomic E-state index is 0.00449. The van der Waals surface area contributed by atoms with Gasteiger partial charge in [0.2, 0.25) is 5.82 Å². The molecule has 1 fully saturated rings. The van der Waals surface area contributed by atoms with Crippen LogP contribution in [0, 0.1) is 33.6 Å². The van der Waals surface area contributed by atoms with Crippen molar-refractivity contribution >= 4 is 11.4 Å². The number of rotatable bonds is 3. The van der Waals surface area contributed by atoms with E-state index in [4.69, 9.17) is 0 Å². The Balaban J connectivity index is 2.17. The van der Waals surface area contributed by atoms with Crippen LogP contribution < -0.4 is 5.32 Å². The lowest BCUT2D eigenvalue weighted by molar-refractivity contribution is -0.387. The van der Waals surface area contributed by atoms with E-state index in [9.17, 15) is 18.9 Å². The van der Waals surface area contributed by atoms with Crippen LogP contribution in [0.4, 0.5) is 20.2 Å². The second-order valence-electron chi connectivity index (χ2n) is 5.65. The summed E-state index contributed by atoms with van der Waals surface area (Å²) < 4.78 is 27.0. The van der Waals surface area contributed by atoms with Gasteiger partial charge in [-0.3, -0.25) is 10.1 Å². The fourth-order valence-corrected chi connectivity index (χ4v) is 2.69. The van der Waals surface area contributed by atoms with Crippen LogP contribution in [-0.4, -0.2) is 11.0 Å². The molecule has 0 saturated heterocycles. The van der Waals surface area contributed by atoms with Crippen molar-refractivity contribution in [3.8, 4) is 0 Å². The van der Waals surface area contributed by atoms with E-state index in [1.165, 1.54) is 0 Å². The van der Waals surface area contributed by atoms with Crippen molar-refractivity contribution in [2.75, 3.05) is 5.32 Å². The zero-order chi connectivity index (χ0) is 14.9. The van der Waals surface area contributed by atoms with Crippen molar-refractivity contribution in [3.63, 3.8) is 0 Å². The Hall–Kier alpha value is -1.72. The summed E-state index contributed by atoms with van der Waals surface area (Å²) in [5.74, 6) is -0.803. The van der Waals surface area contributed by atoms with Crippen LogP contribution in [0.25, 0.3) is 0 Å².